The molecular weight excluding hydrogens is 501 g/mol. The Labute approximate surface area is 180 Å². The van der Waals surface area contributed by atoms with E-state index in [0.29, 0.717) is 56.1 Å². The fourth-order valence-corrected chi connectivity index (χ4v) is 4.17. The first kappa shape index (κ1) is 22.5. The summed E-state index contributed by atoms with van der Waals surface area (Å²) in [5.41, 5.74) is 0.405. The predicted octanol–water partition coefficient (Wildman–Crippen LogP) is 0.597. The average molecular weight is 525 g/mol. The number of halogens is 1. The van der Waals surface area contributed by atoms with Crippen molar-refractivity contribution in [1.82, 2.24) is 29.8 Å². The van der Waals surface area contributed by atoms with Crippen LogP contribution in [0.3, 0.4) is 0 Å². The number of hydrogen-bond donors (Lipinski definition) is 1. The molecule has 0 unspecified atom stereocenters. The van der Waals surface area contributed by atoms with E-state index in [4.69, 9.17) is 9.05 Å². The normalized spacial score (nSPS) is 16.1. The van der Waals surface area contributed by atoms with E-state index in [-0.39, 0.29) is 36.3 Å². The molecule has 0 spiro atoms. The molecule has 0 radical (unpaired) electrons. The highest BCUT2D eigenvalue weighted by Crippen LogP contribution is 2.13. The van der Waals surface area contributed by atoms with E-state index in [1.165, 1.54) is 10.6 Å². The second kappa shape index (κ2) is 10.2. The number of aliphatic imine (C=N–C) groups is 1. The number of nitrogens with one attached hydrogen (secondary N) is 1. The molecule has 0 bridgehead atoms. The monoisotopic (exact) mass is 525 g/mol. The van der Waals surface area contributed by atoms with Gasteiger partial charge in [0.15, 0.2) is 11.8 Å². The van der Waals surface area contributed by atoms with E-state index in [0.717, 1.165) is 0 Å². The van der Waals surface area contributed by atoms with Gasteiger partial charge in [-0.15, -0.1) is 24.0 Å². The van der Waals surface area contributed by atoms with Gasteiger partial charge in [0.1, 0.15) is 18.6 Å². The SMILES string of the molecule is CCNC(=NCc1nc(C)no1)N1CCN(S(=O)(=O)Cc2ccon2)CC1.I. The van der Waals surface area contributed by atoms with Gasteiger partial charge in [-0.2, -0.15) is 9.29 Å². The summed E-state index contributed by atoms with van der Waals surface area (Å²) in [6, 6.07) is 1.56. The van der Waals surface area contributed by atoms with E-state index >= 15 is 0 Å². The summed E-state index contributed by atoms with van der Waals surface area (Å²) in [6.07, 6.45) is 1.37. The number of guanidine groups is 1. The van der Waals surface area contributed by atoms with Crippen molar-refractivity contribution in [3.8, 4) is 0 Å². The van der Waals surface area contributed by atoms with Gasteiger partial charge in [-0.3, -0.25) is 0 Å². The highest BCUT2D eigenvalue weighted by atomic mass is 127. The Bertz CT molecular complexity index is 861. The summed E-state index contributed by atoms with van der Waals surface area (Å²) in [6.45, 7) is 6.53. The Morgan fingerprint density at radius 1 is 1.29 bits per heavy atom. The number of piperazine rings is 1. The molecule has 2 aromatic rings. The van der Waals surface area contributed by atoms with E-state index in [1.807, 2.05) is 11.8 Å². The maximum atomic E-state index is 12.5. The smallest absolute Gasteiger partial charge is 0.248 e. The summed E-state index contributed by atoms with van der Waals surface area (Å²) in [5, 5.41) is 10.6. The Hall–Kier alpha value is -1.74. The van der Waals surface area contributed by atoms with Crippen molar-refractivity contribution in [2.75, 3.05) is 32.7 Å². The molecule has 11 nitrogen and oxygen atoms in total. The number of nitrogens with zero attached hydrogens (tertiary/aromatic N) is 6. The molecule has 1 fully saturated rings. The molecule has 3 heterocycles. The highest BCUT2D eigenvalue weighted by Gasteiger charge is 2.29. The van der Waals surface area contributed by atoms with Crippen LogP contribution in [0.1, 0.15) is 24.3 Å². The minimum atomic E-state index is -3.43. The van der Waals surface area contributed by atoms with Crippen LogP contribution in [0.25, 0.3) is 0 Å². The lowest BCUT2D eigenvalue weighted by molar-refractivity contribution is 0.259. The highest BCUT2D eigenvalue weighted by molar-refractivity contribution is 14.0. The molecule has 28 heavy (non-hydrogen) atoms. The first-order chi connectivity index (χ1) is 13.0. The number of sulfonamides is 1. The molecule has 0 saturated carbocycles. The van der Waals surface area contributed by atoms with Crippen LogP contribution in [0.4, 0.5) is 0 Å². The molecule has 1 saturated heterocycles. The van der Waals surface area contributed by atoms with E-state index in [1.54, 1.807) is 13.0 Å². The molecule has 0 aromatic carbocycles. The molecule has 0 atom stereocenters. The van der Waals surface area contributed by atoms with Crippen molar-refractivity contribution < 1.29 is 17.5 Å². The van der Waals surface area contributed by atoms with Gasteiger partial charge in [-0.05, 0) is 13.8 Å². The van der Waals surface area contributed by atoms with Crippen LogP contribution in [0, 0.1) is 6.92 Å². The quantitative estimate of drug-likeness (QED) is 0.327. The number of aryl methyl sites for hydroxylation is 1. The third-order valence-electron chi connectivity index (χ3n) is 4.02. The van der Waals surface area contributed by atoms with E-state index in [9.17, 15) is 8.42 Å². The average Bonchev–Trinajstić information content (AvgIpc) is 3.30. The third-order valence-corrected chi connectivity index (χ3v) is 5.83. The van der Waals surface area contributed by atoms with Gasteiger partial charge in [-0.1, -0.05) is 10.3 Å². The molecule has 156 valence electrons. The van der Waals surface area contributed by atoms with Gasteiger partial charge in [-0.25, -0.2) is 13.4 Å². The molecule has 0 amide bonds. The van der Waals surface area contributed by atoms with Crippen LogP contribution >= 0.6 is 24.0 Å². The van der Waals surface area contributed by atoms with Gasteiger partial charge in [0.2, 0.25) is 15.9 Å². The topological polar surface area (TPSA) is 130 Å². The van der Waals surface area contributed by atoms with Crippen molar-refractivity contribution in [2.24, 2.45) is 4.99 Å². The zero-order chi connectivity index (χ0) is 19.3. The molecule has 1 aliphatic heterocycles. The molecule has 1 aliphatic rings. The Morgan fingerprint density at radius 2 is 2.04 bits per heavy atom. The van der Waals surface area contributed by atoms with Crippen molar-refractivity contribution in [3.63, 3.8) is 0 Å². The van der Waals surface area contributed by atoms with Crippen LogP contribution in [-0.4, -0.2) is 71.6 Å². The fraction of sp³-hybridized carbons (Fsp3) is 0.600. The van der Waals surface area contributed by atoms with Crippen molar-refractivity contribution in [2.45, 2.75) is 26.1 Å². The summed E-state index contributed by atoms with van der Waals surface area (Å²) >= 11 is 0. The van der Waals surface area contributed by atoms with E-state index < -0.39 is 10.0 Å². The lowest BCUT2D eigenvalue weighted by atomic mass is 10.4. The van der Waals surface area contributed by atoms with Crippen LogP contribution < -0.4 is 5.32 Å². The Balaban J connectivity index is 0.00000280. The minimum absolute atomic E-state index is 0. The first-order valence-corrected chi connectivity index (χ1v) is 10.3. The van der Waals surface area contributed by atoms with Crippen molar-refractivity contribution >= 4 is 40.0 Å². The molecular formula is C15H24IN7O4S. The third kappa shape index (κ3) is 5.88. The lowest BCUT2D eigenvalue weighted by Gasteiger charge is -2.35. The maximum Gasteiger partial charge on any atom is 0.248 e. The molecule has 2 aromatic heterocycles. The standard InChI is InChI=1S/C15H23N7O4S.HI/c1-3-16-15(17-10-14-18-12(2)19-26-14)21-5-7-22(8-6-21)27(23,24)11-13-4-9-25-20-13;/h4,9H,3,5-8,10-11H2,1-2H3,(H,16,17);1H. The van der Waals surface area contributed by atoms with Gasteiger partial charge >= 0.3 is 0 Å². The summed E-state index contributed by atoms with van der Waals surface area (Å²) in [4.78, 5) is 10.7. The molecule has 0 aliphatic carbocycles. The summed E-state index contributed by atoms with van der Waals surface area (Å²) < 4.78 is 36.3. The zero-order valence-corrected chi connectivity index (χ0v) is 18.9. The second-order valence-corrected chi connectivity index (χ2v) is 8.01. The van der Waals surface area contributed by atoms with Gasteiger partial charge in [0.05, 0.1) is 5.69 Å². The van der Waals surface area contributed by atoms with Crippen LogP contribution in [0.5, 0.6) is 0 Å². The van der Waals surface area contributed by atoms with Gasteiger partial charge < -0.3 is 19.3 Å². The largest absolute Gasteiger partial charge is 0.364 e. The summed E-state index contributed by atoms with van der Waals surface area (Å²) in [7, 11) is -3.43. The van der Waals surface area contributed by atoms with Crippen LogP contribution in [0.15, 0.2) is 26.4 Å². The van der Waals surface area contributed by atoms with Crippen LogP contribution in [0.2, 0.25) is 0 Å². The minimum Gasteiger partial charge on any atom is -0.364 e. The Kier molecular flexibility index (Phi) is 8.18. The van der Waals surface area contributed by atoms with E-state index in [2.05, 4.69) is 25.6 Å². The fourth-order valence-electron chi connectivity index (χ4n) is 2.74. The maximum absolute atomic E-state index is 12.5. The van der Waals surface area contributed by atoms with Crippen LogP contribution in [-0.2, 0) is 22.3 Å². The lowest BCUT2D eigenvalue weighted by Crippen LogP contribution is -2.53. The number of aromatic nitrogens is 3. The zero-order valence-electron chi connectivity index (χ0n) is 15.7. The molecule has 13 heteroatoms. The van der Waals surface area contributed by atoms with Gasteiger partial charge in [0, 0.05) is 38.8 Å². The van der Waals surface area contributed by atoms with Crippen molar-refractivity contribution in [3.05, 3.63) is 29.7 Å². The first-order valence-electron chi connectivity index (χ1n) is 8.67. The predicted molar refractivity (Wildman–Crippen MR) is 112 cm³/mol. The summed E-state index contributed by atoms with van der Waals surface area (Å²) in [5.74, 6) is 1.54. The second-order valence-electron chi connectivity index (χ2n) is 6.04. The molecule has 1 N–H and O–H groups in total. The Morgan fingerprint density at radius 3 is 2.61 bits per heavy atom. The number of hydrogen-bond acceptors (Lipinski definition) is 8. The molecule has 3 rings (SSSR count). The van der Waals surface area contributed by atoms with Crippen molar-refractivity contribution in [1.29, 1.82) is 0 Å². The van der Waals surface area contributed by atoms with Gasteiger partial charge in [0.25, 0.3) is 0 Å². The number of rotatable bonds is 6.